The van der Waals surface area contributed by atoms with E-state index in [-0.39, 0.29) is 5.91 Å². The average molecular weight is 348 g/mol. The van der Waals surface area contributed by atoms with Crippen LogP contribution in [0.4, 0.5) is 0 Å². The van der Waals surface area contributed by atoms with Gasteiger partial charge in [-0.3, -0.25) is 9.89 Å². The second kappa shape index (κ2) is 8.11. The van der Waals surface area contributed by atoms with Crippen molar-refractivity contribution in [2.24, 2.45) is 5.10 Å². The lowest BCUT2D eigenvalue weighted by atomic mass is 10.1. The van der Waals surface area contributed by atoms with Crippen LogP contribution in [0.1, 0.15) is 28.5 Å². The predicted octanol–water partition coefficient (Wildman–Crippen LogP) is 3.55. The smallest absolute Gasteiger partial charge is 0.289 e. The van der Waals surface area contributed by atoms with Crippen molar-refractivity contribution < 1.29 is 9.53 Å². The van der Waals surface area contributed by atoms with Gasteiger partial charge < -0.3 is 4.74 Å². The van der Waals surface area contributed by atoms with Gasteiger partial charge in [0.15, 0.2) is 0 Å². The maximum Gasteiger partial charge on any atom is 0.289 e. The number of aromatic nitrogens is 2. The van der Waals surface area contributed by atoms with Crippen LogP contribution in [0.5, 0.6) is 5.75 Å². The van der Waals surface area contributed by atoms with E-state index in [1.165, 1.54) is 5.56 Å². The third kappa shape index (κ3) is 4.16. The van der Waals surface area contributed by atoms with Crippen LogP contribution in [-0.2, 0) is 0 Å². The Bertz CT molecular complexity index is 914. The zero-order valence-corrected chi connectivity index (χ0v) is 14.7. The Morgan fingerprint density at radius 3 is 2.77 bits per heavy atom. The summed E-state index contributed by atoms with van der Waals surface area (Å²) in [6, 6.07) is 17.1. The molecule has 0 aliphatic heterocycles. The number of hydrogen-bond donors (Lipinski definition) is 2. The lowest BCUT2D eigenvalue weighted by Crippen LogP contribution is -2.18. The number of para-hydroxylation sites is 1. The topological polar surface area (TPSA) is 79.4 Å². The number of H-pyrrole nitrogens is 1. The Morgan fingerprint density at radius 1 is 1.23 bits per heavy atom. The highest BCUT2D eigenvalue weighted by molar-refractivity contribution is 5.94. The molecule has 26 heavy (non-hydrogen) atoms. The Hall–Kier alpha value is -3.41. The molecular formula is C20H20N4O2. The summed E-state index contributed by atoms with van der Waals surface area (Å²) < 4.78 is 5.52. The Labute approximate surface area is 151 Å². The highest BCUT2D eigenvalue weighted by atomic mass is 16.5. The van der Waals surface area contributed by atoms with Crippen LogP contribution in [0.25, 0.3) is 11.3 Å². The van der Waals surface area contributed by atoms with Crippen molar-refractivity contribution in [1.29, 1.82) is 0 Å². The van der Waals surface area contributed by atoms with Gasteiger partial charge in [0.25, 0.3) is 5.91 Å². The second-order valence-corrected chi connectivity index (χ2v) is 5.70. The largest absolute Gasteiger partial charge is 0.493 e. The van der Waals surface area contributed by atoms with Gasteiger partial charge in [0.05, 0.1) is 18.5 Å². The molecule has 0 saturated carbocycles. The maximum atomic E-state index is 12.2. The molecule has 0 aliphatic rings. The maximum absolute atomic E-state index is 12.2. The van der Waals surface area contributed by atoms with Gasteiger partial charge in [-0.1, -0.05) is 42.0 Å². The number of nitrogens with one attached hydrogen (secondary N) is 2. The third-order valence-electron chi connectivity index (χ3n) is 3.76. The number of ether oxygens (including phenoxy) is 1. The number of rotatable bonds is 6. The van der Waals surface area contributed by atoms with Gasteiger partial charge in [-0.05, 0) is 32.0 Å². The molecule has 0 fully saturated rings. The van der Waals surface area contributed by atoms with Crippen molar-refractivity contribution in [3.8, 4) is 17.0 Å². The summed E-state index contributed by atoms with van der Waals surface area (Å²) >= 11 is 0. The molecule has 0 saturated heterocycles. The van der Waals surface area contributed by atoms with Crippen molar-refractivity contribution in [1.82, 2.24) is 15.6 Å². The van der Waals surface area contributed by atoms with E-state index in [9.17, 15) is 4.79 Å². The molecule has 6 nitrogen and oxygen atoms in total. The van der Waals surface area contributed by atoms with Crippen LogP contribution in [-0.4, -0.2) is 28.9 Å². The first-order chi connectivity index (χ1) is 12.7. The van der Waals surface area contributed by atoms with E-state index in [2.05, 4.69) is 20.7 Å². The van der Waals surface area contributed by atoms with Gasteiger partial charge in [0.2, 0.25) is 0 Å². The number of aryl methyl sites for hydroxylation is 1. The molecule has 132 valence electrons. The number of carbonyl (C=O) groups is 1. The molecule has 2 aromatic carbocycles. The van der Waals surface area contributed by atoms with Crippen molar-refractivity contribution in [3.63, 3.8) is 0 Å². The number of carbonyl (C=O) groups excluding carboxylic acids is 1. The minimum absolute atomic E-state index is 0.343. The Kier molecular flexibility index (Phi) is 5.43. The first-order valence-electron chi connectivity index (χ1n) is 8.35. The molecule has 0 bridgehead atoms. The normalized spacial score (nSPS) is 10.8. The lowest BCUT2D eigenvalue weighted by molar-refractivity contribution is 0.0950. The van der Waals surface area contributed by atoms with Crippen LogP contribution in [0, 0.1) is 6.92 Å². The number of hydrogen-bond acceptors (Lipinski definition) is 4. The summed E-state index contributed by atoms with van der Waals surface area (Å²) in [6.45, 7) is 4.50. The molecule has 0 spiro atoms. The van der Waals surface area contributed by atoms with Crippen LogP contribution >= 0.6 is 0 Å². The summed E-state index contributed by atoms with van der Waals surface area (Å²) in [5, 5.41) is 10.9. The Balaban J connectivity index is 1.67. The number of hydrazone groups is 1. The molecule has 0 unspecified atom stereocenters. The zero-order chi connectivity index (χ0) is 18.4. The molecule has 3 aromatic rings. The summed E-state index contributed by atoms with van der Waals surface area (Å²) in [7, 11) is 0. The molecular weight excluding hydrogens is 328 g/mol. The molecule has 0 aliphatic carbocycles. The zero-order valence-electron chi connectivity index (χ0n) is 14.7. The highest BCUT2D eigenvalue weighted by Gasteiger charge is 2.10. The quantitative estimate of drug-likeness (QED) is 0.528. The summed E-state index contributed by atoms with van der Waals surface area (Å²) in [6.07, 6.45) is 1.56. The van der Waals surface area contributed by atoms with Gasteiger partial charge in [-0.2, -0.15) is 10.2 Å². The van der Waals surface area contributed by atoms with Gasteiger partial charge >= 0.3 is 0 Å². The number of benzene rings is 2. The van der Waals surface area contributed by atoms with E-state index in [1.54, 1.807) is 12.3 Å². The monoisotopic (exact) mass is 348 g/mol. The average Bonchev–Trinajstić information content (AvgIpc) is 3.14. The van der Waals surface area contributed by atoms with Crippen LogP contribution in [0.2, 0.25) is 0 Å². The van der Waals surface area contributed by atoms with E-state index in [0.717, 1.165) is 16.9 Å². The van der Waals surface area contributed by atoms with E-state index in [0.29, 0.717) is 18.0 Å². The van der Waals surface area contributed by atoms with E-state index < -0.39 is 0 Å². The van der Waals surface area contributed by atoms with Crippen molar-refractivity contribution >= 4 is 12.1 Å². The summed E-state index contributed by atoms with van der Waals surface area (Å²) in [4.78, 5) is 12.2. The SMILES string of the molecule is CCOc1ccccc1/C=N/NC(=O)c1cc(-c2ccc(C)cc2)n[nH]1. The van der Waals surface area contributed by atoms with Crippen LogP contribution < -0.4 is 10.2 Å². The first-order valence-corrected chi connectivity index (χ1v) is 8.35. The first kappa shape index (κ1) is 17.4. The molecule has 1 heterocycles. The fourth-order valence-electron chi connectivity index (χ4n) is 2.41. The Morgan fingerprint density at radius 2 is 2.00 bits per heavy atom. The van der Waals surface area contributed by atoms with E-state index in [1.807, 2.05) is 62.4 Å². The minimum Gasteiger partial charge on any atom is -0.493 e. The molecule has 3 rings (SSSR count). The van der Waals surface area contributed by atoms with Crippen molar-refractivity contribution in [3.05, 3.63) is 71.4 Å². The number of nitrogens with zero attached hydrogens (tertiary/aromatic N) is 2. The number of aromatic amines is 1. The molecule has 1 amide bonds. The van der Waals surface area contributed by atoms with Crippen molar-refractivity contribution in [2.45, 2.75) is 13.8 Å². The number of amides is 1. The fraction of sp³-hybridized carbons (Fsp3) is 0.150. The van der Waals surface area contributed by atoms with E-state index >= 15 is 0 Å². The predicted molar refractivity (Wildman–Crippen MR) is 101 cm³/mol. The summed E-state index contributed by atoms with van der Waals surface area (Å²) in [5.74, 6) is 0.359. The second-order valence-electron chi connectivity index (χ2n) is 5.70. The van der Waals surface area contributed by atoms with Crippen LogP contribution in [0.15, 0.2) is 59.7 Å². The van der Waals surface area contributed by atoms with Gasteiger partial charge in [0.1, 0.15) is 11.4 Å². The van der Waals surface area contributed by atoms with Gasteiger partial charge in [-0.15, -0.1) is 0 Å². The van der Waals surface area contributed by atoms with E-state index in [4.69, 9.17) is 4.74 Å². The van der Waals surface area contributed by atoms with Gasteiger partial charge in [-0.25, -0.2) is 5.43 Å². The molecule has 6 heteroatoms. The highest BCUT2D eigenvalue weighted by Crippen LogP contribution is 2.18. The van der Waals surface area contributed by atoms with Crippen LogP contribution in [0.3, 0.4) is 0 Å². The van der Waals surface area contributed by atoms with Gasteiger partial charge in [0, 0.05) is 11.1 Å². The minimum atomic E-state index is -0.360. The molecule has 0 radical (unpaired) electrons. The van der Waals surface area contributed by atoms with Crippen molar-refractivity contribution in [2.75, 3.05) is 6.61 Å². The molecule has 0 atom stereocenters. The molecule has 2 N–H and O–H groups in total. The summed E-state index contributed by atoms with van der Waals surface area (Å²) in [5.41, 5.74) is 6.45. The third-order valence-corrected chi connectivity index (χ3v) is 3.76. The fourth-order valence-corrected chi connectivity index (χ4v) is 2.41. The standard InChI is InChI=1S/C20H20N4O2/c1-3-26-19-7-5-4-6-16(19)13-21-24-20(25)18-12-17(22-23-18)15-10-8-14(2)9-11-15/h4-13H,3H2,1-2H3,(H,22,23)(H,24,25)/b21-13+. The lowest BCUT2D eigenvalue weighted by Gasteiger charge is -2.05. The molecule has 1 aromatic heterocycles.